The third-order valence-electron chi connectivity index (χ3n) is 1.10. The van der Waals surface area contributed by atoms with E-state index in [9.17, 15) is 18.4 Å². The van der Waals surface area contributed by atoms with Crippen LogP contribution in [0.4, 0.5) is 19.1 Å². The number of rotatable bonds is 1. The third-order valence-corrected chi connectivity index (χ3v) is 1.10. The topological polar surface area (TPSA) is 60.9 Å². The Bertz CT molecular complexity index is 267. The van der Waals surface area contributed by atoms with Crippen LogP contribution in [0.15, 0.2) is 16.5 Å². The number of halogens is 3. The summed E-state index contributed by atoms with van der Waals surface area (Å²) in [6.45, 7) is 0. The van der Waals surface area contributed by atoms with E-state index in [2.05, 4.69) is 4.42 Å². The van der Waals surface area contributed by atoms with E-state index in [4.69, 9.17) is 5.21 Å². The lowest BCUT2D eigenvalue weighted by molar-refractivity contribution is -0.997. The molecule has 0 radical (unpaired) electrons. The summed E-state index contributed by atoms with van der Waals surface area (Å²) in [6, 6.07) is 1.33. The van der Waals surface area contributed by atoms with Crippen LogP contribution >= 0.6 is 0 Å². The highest BCUT2D eigenvalue weighted by atomic mass is 19.4. The minimum atomic E-state index is -4.63. The average molecular weight is 183 g/mol. The van der Waals surface area contributed by atoms with E-state index in [1.165, 1.54) is 0 Å². The lowest BCUT2D eigenvalue weighted by Gasteiger charge is -2.06. The van der Waals surface area contributed by atoms with Gasteiger partial charge in [-0.1, -0.05) is 0 Å². The zero-order valence-corrected chi connectivity index (χ0v) is 5.55. The van der Waals surface area contributed by atoms with Crippen molar-refractivity contribution in [2.75, 3.05) is 0 Å². The minimum Gasteiger partial charge on any atom is -0.592 e. The number of furan rings is 1. The van der Waals surface area contributed by atoms with E-state index in [0.29, 0.717) is 6.07 Å². The fourth-order valence-corrected chi connectivity index (χ4v) is 0.605. The van der Waals surface area contributed by atoms with Crippen LogP contribution in [0.1, 0.15) is 5.76 Å². The number of alkyl halides is 3. The van der Waals surface area contributed by atoms with Gasteiger partial charge >= 0.3 is 12.1 Å². The van der Waals surface area contributed by atoms with Crippen molar-refractivity contribution in [3.63, 3.8) is 0 Å². The van der Waals surface area contributed by atoms with Gasteiger partial charge in [0, 0.05) is 6.07 Å². The Morgan fingerprint density at radius 2 is 2.00 bits per heavy atom. The van der Waals surface area contributed by atoms with E-state index in [-0.39, 0.29) is 0 Å². The second kappa shape index (κ2) is 2.77. The molecule has 12 heavy (non-hydrogen) atoms. The molecule has 1 unspecified atom stereocenters. The Morgan fingerprint density at radius 3 is 2.25 bits per heavy atom. The van der Waals surface area contributed by atoms with Crippen LogP contribution < -0.4 is 5.23 Å². The number of hydrogen-bond donors (Lipinski definition) is 2. The molecule has 7 heteroatoms. The molecule has 1 aromatic rings. The van der Waals surface area contributed by atoms with Gasteiger partial charge in [0.05, 0.1) is 0 Å². The molecule has 1 rings (SSSR count). The van der Waals surface area contributed by atoms with E-state index >= 15 is 0 Å². The highest BCUT2D eigenvalue weighted by Gasteiger charge is 2.35. The van der Waals surface area contributed by atoms with E-state index in [1.54, 1.807) is 0 Å². The quantitative estimate of drug-likeness (QED) is 0.630. The first kappa shape index (κ1) is 9.04. The zero-order valence-electron chi connectivity index (χ0n) is 5.55. The van der Waals surface area contributed by atoms with Crippen LogP contribution in [-0.4, -0.2) is 5.21 Å². The Kier molecular flexibility index (Phi) is 2.09. The Morgan fingerprint density at radius 1 is 1.42 bits per heavy atom. The molecule has 0 bridgehead atoms. The molecule has 0 fully saturated rings. The summed E-state index contributed by atoms with van der Waals surface area (Å²) in [6.07, 6.45) is -4.63. The molecule has 1 heterocycles. The molecule has 1 aromatic heterocycles. The van der Waals surface area contributed by atoms with Crippen LogP contribution in [0, 0.1) is 5.21 Å². The lowest BCUT2D eigenvalue weighted by Crippen LogP contribution is -2.99. The van der Waals surface area contributed by atoms with Gasteiger partial charge in [0.25, 0.3) is 0 Å². The first-order chi connectivity index (χ1) is 5.41. The molecular formula is C5H4F3NO3. The number of hydrogen-bond acceptors (Lipinski definition) is 3. The van der Waals surface area contributed by atoms with E-state index in [0.717, 1.165) is 6.07 Å². The van der Waals surface area contributed by atoms with Crippen molar-refractivity contribution < 1.29 is 28.0 Å². The van der Waals surface area contributed by atoms with Gasteiger partial charge in [0.1, 0.15) is 0 Å². The van der Waals surface area contributed by atoms with Gasteiger partial charge in [-0.05, 0) is 6.07 Å². The highest BCUT2D eigenvalue weighted by molar-refractivity contribution is 5.18. The SMILES string of the molecule is [O-][NH+](O)c1ccc(C(F)(F)F)o1. The zero-order chi connectivity index (χ0) is 9.35. The molecule has 1 atom stereocenters. The number of quaternary nitrogens is 1. The molecule has 0 aliphatic heterocycles. The van der Waals surface area contributed by atoms with Gasteiger partial charge in [-0.3, -0.25) is 0 Å². The van der Waals surface area contributed by atoms with Crippen molar-refractivity contribution in [2.45, 2.75) is 6.18 Å². The molecule has 0 aromatic carbocycles. The summed E-state index contributed by atoms with van der Waals surface area (Å²) in [5.74, 6) is -2.03. The van der Waals surface area contributed by atoms with Crippen LogP contribution in [0.5, 0.6) is 0 Å². The predicted octanol–water partition coefficient (Wildman–Crippen LogP) is 0.702. The fourth-order valence-electron chi connectivity index (χ4n) is 0.605. The van der Waals surface area contributed by atoms with E-state index < -0.39 is 23.0 Å². The smallest absolute Gasteiger partial charge is 0.449 e. The molecule has 4 nitrogen and oxygen atoms in total. The standard InChI is InChI=1S/C5H4F3NO3/c6-5(7,8)3-1-2-4(12-3)9(10)11/h1-2,9-10H. The fraction of sp³-hybridized carbons (Fsp3) is 0.200. The third kappa shape index (κ3) is 1.76. The second-order valence-electron chi connectivity index (χ2n) is 1.97. The maximum Gasteiger partial charge on any atom is 0.449 e. The Balaban J connectivity index is 2.92. The monoisotopic (exact) mass is 183 g/mol. The highest BCUT2D eigenvalue weighted by Crippen LogP contribution is 2.30. The van der Waals surface area contributed by atoms with Crippen molar-refractivity contribution in [1.29, 1.82) is 0 Å². The number of nitrogens with one attached hydrogen (secondary N) is 1. The Labute approximate surface area is 64.3 Å². The summed E-state index contributed by atoms with van der Waals surface area (Å²) in [4.78, 5) is 0. The first-order valence-corrected chi connectivity index (χ1v) is 2.81. The molecule has 68 valence electrons. The molecule has 2 N–H and O–H groups in total. The van der Waals surface area contributed by atoms with Crippen molar-refractivity contribution in [3.05, 3.63) is 23.1 Å². The van der Waals surface area contributed by atoms with Gasteiger partial charge in [-0.25, -0.2) is 5.21 Å². The van der Waals surface area contributed by atoms with Crippen molar-refractivity contribution in [3.8, 4) is 0 Å². The molecular weight excluding hydrogens is 179 g/mol. The van der Waals surface area contributed by atoms with Crippen LogP contribution in [0.25, 0.3) is 0 Å². The normalized spacial score (nSPS) is 14.8. The van der Waals surface area contributed by atoms with Gasteiger partial charge in [-0.2, -0.15) is 18.4 Å². The van der Waals surface area contributed by atoms with E-state index in [1.807, 2.05) is 0 Å². The predicted molar refractivity (Wildman–Crippen MR) is 29.5 cm³/mol. The maximum atomic E-state index is 11.8. The van der Waals surface area contributed by atoms with Crippen LogP contribution in [0.2, 0.25) is 0 Å². The molecule has 0 aliphatic rings. The summed E-state index contributed by atoms with van der Waals surface area (Å²) in [7, 11) is 0. The average Bonchev–Trinajstić information content (AvgIpc) is 2.30. The van der Waals surface area contributed by atoms with Gasteiger partial charge in [0.2, 0.25) is 5.76 Å². The summed E-state index contributed by atoms with van der Waals surface area (Å²) in [5.41, 5.74) is 0. The van der Waals surface area contributed by atoms with Gasteiger partial charge in [0.15, 0.2) is 0 Å². The lowest BCUT2D eigenvalue weighted by atomic mass is 10.4. The summed E-state index contributed by atoms with van der Waals surface area (Å²) < 4.78 is 39.3. The molecule has 0 saturated carbocycles. The summed E-state index contributed by atoms with van der Waals surface area (Å²) >= 11 is 0. The first-order valence-electron chi connectivity index (χ1n) is 2.81. The molecule has 0 saturated heterocycles. The maximum absolute atomic E-state index is 11.8. The minimum absolute atomic E-state index is 0.573. The van der Waals surface area contributed by atoms with Crippen molar-refractivity contribution in [1.82, 2.24) is 0 Å². The second-order valence-corrected chi connectivity index (χ2v) is 1.97. The van der Waals surface area contributed by atoms with Crippen molar-refractivity contribution in [2.24, 2.45) is 0 Å². The Hall–Kier alpha value is -1.05. The van der Waals surface area contributed by atoms with Gasteiger partial charge < -0.3 is 9.62 Å². The van der Waals surface area contributed by atoms with Crippen LogP contribution in [0.3, 0.4) is 0 Å². The van der Waals surface area contributed by atoms with Gasteiger partial charge in [-0.15, -0.1) is 0 Å². The largest absolute Gasteiger partial charge is 0.592 e. The van der Waals surface area contributed by atoms with Crippen molar-refractivity contribution >= 4 is 5.88 Å². The summed E-state index contributed by atoms with van der Waals surface area (Å²) in [5, 5.41) is 16.8. The molecule has 0 amide bonds. The molecule has 0 aliphatic carbocycles. The van der Waals surface area contributed by atoms with Crippen LogP contribution in [-0.2, 0) is 6.18 Å². The molecule has 0 spiro atoms.